The van der Waals surface area contributed by atoms with Crippen LogP contribution in [0.4, 0.5) is 0 Å². The van der Waals surface area contributed by atoms with E-state index in [4.69, 9.17) is 19.3 Å². The standard InChI is InChI=1S/C29H26O6/c30-25-16-23-21(15-22(25)8-4-7-20-9-11-27-28(14-20)35-18-34-27)10-12-26(33-17-29(31)32)24(23)13-19-5-2-1-3-6-19/h1-3,5-6,9-12,14-16,30H,4,7-8,13,17-18H2,(H,31,32). The molecule has 0 unspecified atom stereocenters. The third-order valence-electron chi connectivity index (χ3n) is 6.21. The Kier molecular flexibility index (Phi) is 6.44. The third-order valence-corrected chi connectivity index (χ3v) is 6.21. The summed E-state index contributed by atoms with van der Waals surface area (Å²) < 4.78 is 16.4. The Labute approximate surface area is 203 Å². The third kappa shape index (κ3) is 5.17. The van der Waals surface area contributed by atoms with Gasteiger partial charge in [-0.3, -0.25) is 0 Å². The van der Waals surface area contributed by atoms with Crippen LogP contribution in [0.3, 0.4) is 0 Å². The molecule has 0 spiro atoms. The van der Waals surface area contributed by atoms with Crippen LogP contribution in [0.2, 0.25) is 0 Å². The van der Waals surface area contributed by atoms with Gasteiger partial charge < -0.3 is 24.4 Å². The molecule has 1 heterocycles. The normalized spacial score (nSPS) is 12.1. The van der Waals surface area contributed by atoms with E-state index < -0.39 is 12.6 Å². The molecule has 0 fully saturated rings. The number of ether oxygens (including phenoxy) is 3. The lowest BCUT2D eigenvalue weighted by atomic mass is 9.94. The number of carboxylic acid groups (broad SMARTS) is 1. The molecule has 0 amide bonds. The quantitative estimate of drug-likeness (QED) is 0.336. The predicted molar refractivity (Wildman–Crippen MR) is 133 cm³/mol. The number of fused-ring (bicyclic) bond motifs is 2. The Bertz CT molecular complexity index is 1360. The number of carbonyl (C=O) groups is 1. The molecule has 4 aromatic rings. The average molecular weight is 471 g/mol. The number of rotatable bonds is 9. The van der Waals surface area contributed by atoms with E-state index in [1.807, 2.05) is 66.7 Å². The van der Waals surface area contributed by atoms with E-state index in [2.05, 4.69) is 0 Å². The molecule has 0 saturated heterocycles. The second kappa shape index (κ2) is 9.97. The van der Waals surface area contributed by atoms with Gasteiger partial charge in [-0.25, -0.2) is 4.79 Å². The molecule has 6 heteroatoms. The zero-order valence-corrected chi connectivity index (χ0v) is 19.2. The van der Waals surface area contributed by atoms with Gasteiger partial charge >= 0.3 is 5.97 Å². The van der Waals surface area contributed by atoms with E-state index in [1.165, 1.54) is 5.56 Å². The van der Waals surface area contributed by atoms with E-state index in [1.54, 1.807) is 6.07 Å². The summed E-state index contributed by atoms with van der Waals surface area (Å²) in [4.78, 5) is 11.1. The van der Waals surface area contributed by atoms with Crippen LogP contribution in [0.1, 0.15) is 28.7 Å². The highest BCUT2D eigenvalue weighted by molar-refractivity contribution is 5.90. The zero-order valence-electron chi connectivity index (χ0n) is 19.2. The highest BCUT2D eigenvalue weighted by atomic mass is 16.7. The van der Waals surface area contributed by atoms with Crippen LogP contribution in [0, 0.1) is 0 Å². The summed E-state index contributed by atoms with van der Waals surface area (Å²) in [6.07, 6.45) is 3.02. The topological polar surface area (TPSA) is 85.2 Å². The average Bonchev–Trinajstić information content (AvgIpc) is 3.33. The molecule has 6 nitrogen and oxygen atoms in total. The highest BCUT2D eigenvalue weighted by Gasteiger charge is 2.15. The van der Waals surface area contributed by atoms with E-state index in [0.29, 0.717) is 12.2 Å². The zero-order chi connectivity index (χ0) is 24.2. The maximum atomic E-state index is 11.1. The van der Waals surface area contributed by atoms with Gasteiger partial charge in [0.2, 0.25) is 6.79 Å². The minimum atomic E-state index is -1.03. The number of aromatic hydroxyl groups is 1. The summed E-state index contributed by atoms with van der Waals surface area (Å²) in [6.45, 7) is -0.156. The summed E-state index contributed by atoms with van der Waals surface area (Å²) in [5, 5.41) is 21.8. The van der Waals surface area contributed by atoms with Crippen molar-refractivity contribution in [2.45, 2.75) is 25.7 Å². The molecule has 0 atom stereocenters. The van der Waals surface area contributed by atoms with Crippen LogP contribution >= 0.6 is 0 Å². The molecule has 2 N–H and O–H groups in total. The molecule has 1 aliphatic rings. The van der Waals surface area contributed by atoms with Crippen molar-refractivity contribution in [2.24, 2.45) is 0 Å². The fourth-order valence-electron chi connectivity index (χ4n) is 4.49. The van der Waals surface area contributed by atoms with Gasteiger partial charge in [0.15, 0.2) is 18.1 Å². The smallest absolute Gasteiger partial charge is 0.341 e. The van der Waals surface area contributed by atoms with Gasteiger partial charge in [-0.1, -0.05) is 42.5 Å². The lowest BCUT2D eigenvalue weighted by Crippen LogP contribution is -2.11. The Morgan fingerprint density at radius 1 is 0.886 bits per heavy atom. The number of aliphatic carboxylic acids is 1. The fraction of sp³-hybridized carbons (Fsp3) is 0.207. The molecule has 0 saturated carbocycles. The van der Waals surface area contributed by atoms with Crippen LogP contribution < -0.4 is 14.2 Å². The SMILES string of the molecule is O=C(O)COc1ccc2cc(CCCc3ccc4c(c3)OCO4)c(O)cc2c1Cc1ccccc1. The highest BCUT2D eigenvalue weighted by Crippen LogP contribution is 2.36. The summed E-state index contributed by atoms with van der Waals surface area (Å²) in [6, 6.07) is 23.4. The molecule has 0 bridgehead atoms. The van der Waals surface area contributed by atoms with Crippen molar-refractivity contribution in [3.8, 4) is 23.0 Å². The van der Waals surface area contributed by atoms with Crippen LogP contribution in [-0.2, 0) is 24.1 Å². The molecular weight excluding hydrogens is 444 g/mol. The lowest BCUT2D eigenvalue weighted by Gasteiger charge is -2.15. The predicted octanol–water partition coefficient (Wildman–Crippen LogP) is 5.50. The molecule has 0 aromatic heterocycles. The van der Waals surface area contributed by atoms with Crippen molar-refractivity contribution in [3.05, 3.63) is 95.1 Å². The minimum absolute atomic E-state index is 0.230. The first kappa shape index (κ1) is 22.6. The van der Waals surface area contributed by atoms with Crippen molar-refractivity contribution in [1.29, 1.82) is 0 Å². The number of aryl methyl sites for hydroxylation is 2. The Balaban J connectivity index is 1.39. The first-order chi connectivity index (χ1) is 17.1. The number of phenolic OH excluding ortho intramolecular Hbond substituents is 1. The summed E-state index contributed by atoms with van der Waals surface area (Å²) in [5.74, 6) is 1.27. The molecule has 1 aliphatic heterocycles. The first-order valence-corrected chi connectivity index (χ1v) is 11.6. The van der Waals surface area contributed by atoms with Gasteiger partial charge in [0.05, 0.1) is 0 Å². The van der Waals surface area contributed by atoms with E-state index in [0.717, 1.165) is 58.2 Å². The Morgan fingerprint density at radius 2 is 1.71 bits per heavy atom. The Morgan fingerprint density at radius 3 is 2.54 bits per heavy atom. The van der Waals surface area contributed by atoms with Gasteiger partial charge in [0.25, 0.3) is 0 Å². The van der Waals surface area contributed by atoms with Crippen molar-refractivity contribution in [2.75, 3.05) is 13.4 Å². The van der Waals surface area contributed by atoms with Crippen molar-refractivity contribution < 1.29 is 29.2 Å². The maximum absolute atomic E-state index is 11.1. The summed E-state index contributed by atoms with van der Waals surface area (Å²) in [7, 11) is 0. The number of phenols is 1. The van der Waals surface area contributed by atoms with Crippen molar-refractivity contribution >= 4 is 16.7 Å². The fourth-order valence-corrected chi connectivity index (χ4v) is 4.49. The monoisotopic (exact) mass is 470 g/mol. The largest absolute Gasteiger partial charge is 0.508 e. The second-order valence-corrected chi connectivity index (χ2v) is 8.63. The van der Waals surface area contributed by atoms with Crippen molar-refractivity contribution in [1.82, 2.24) is 0 Å². The van der Waals surface area contributed by atoms with E-state index in [-0.39, 0.29) is 12.5 Å². The Hall–Kier alpha value is -4.19. The summed E-state index contributed by atoms with van der Waals surface area (Å²) in [5.41, 5.74) is 3.98. The molecule has 178 valence electrons. The molecule has 35 heavy (non-hydrogen) atoms. The number of benzene rings is 4. The molecule has 5 rings (SSSR count). The summed E-state index contributed by atoms with van der Waals surface area (Å²) >= 11 is 0. The molecule has 4 aromatic carbocycles. The molecule has 0 aliphatic carbocycles. The second-order valence-electron chi connectivity index (χ2n) is 8.63. The van der Waals surface area contributed by atoms with Crippen LogP contribution in [0.25, 0.3) is 10.8 Å². The number of hydrogen-bond donors (Lipinski definition) is 2. The number of carboxylic acids is 1. The van der Waals surface area contributed by atoms with Gasteiger partial charge in [0, 0.05) is 12.0 Å². The minimum Gasteiger partial charge on any atom is -0.508 e. The van der Waals surface area contributed by atoms with Gasteiger partial charge in [0.1, 0.15) is 11.5 Å². The van der Waals surface area contributed by atoms with Gasteiger partial charge in [-0.2, -0.15) is 0 Å². The van der Waals surface area contributed by atoms with Gasteiger partial charge in [-0.05, 0) is 77.1 Å². The lowest BCUT2D eigenvalue weighted by molar-refractivity contribution is -0.139. The first-order valence-electron chi connectivity index (χ1n) is 11.6. The van der Waals surface area contributed by atoms with Crippen LogP contribution in [0.15, 0.2) is 72.8 Å². The molecular formula is C29H26O6. The number of hydrogen-bond acceptors (Lipinski definition) is 5. The maximum Gasteiger partial charge on any atom is 0.341 e. The van der Waals surface area contributed by atoms with Crippen molar-refractivity contribution in [3.63, 3.8) is 0 Å². The van der Waals surface area contributed by atoms with E-state index in [9.17, 15) is 9.90 Å². The molecule has 0 radical (unpaired) electrons. The van der Waals surface area contributed by atoms with Crippen LogP contribution in [0.5, 0.6) is 23.0 Å². The van der Waals surface area contributed by atoms with E-state index >= 15 is 0 Å². The van der Waals surface area contributed by atoms with Crippen LogP contribution in [-0.4, -0.2) is 29.6 Å². The van der Waals surface area contributed by atoms with Gasteiger partial charge in [-0.15, -0.1) is 0 Å².